The van der Waals surface area contributed by atoms with Crippen molar-refractivity contribution < 1.29 is 0 Å². The smallest absolute Gasteiger partial charge is 0.0876 e. The molecule has 3 nitrogen and oxygen atoms in total. The van der Waals surface area contributed by atoms with Crippen LogP contribution in [0.15, 0.2) is 18.7 Å². The van der Waals surface area contributed by atoms with Gasteiger partial charge in [0.15, 0.2) is 0 Å². The molecule has 0 radical (unpaired) electrons. The van der Waals surface area contributed by atoms with E-state index < -0.39 is 0 Å². The van der Waals surface area contributed by atoms with Crippen molar-refractivity contribution in [3.05, 3.63) is 34.9 Å². The van der Waals surface area contributed by atoms with E-state index in [2.05, 4.69) is 16.8 Å². The zero-order valence-electron chi connectivity index (χ0n) is 9.46. The summed E-state index contributed by atoms with van der Waals surface area (Å²) in [5.41, 5.74) is 4.32. The van der Waals surface area contributed by atoms with Crippen LogP contribution in [0.25, 0.3) is 5.70 Å². The SMILES string of the molecule is C=C1NCN2CC[C@H](C=N)c3c(Cl)ccc1c32. The molecule has 1 aromatic carbocycles. The molecular weight excluding hydrogens is 234 g/mol. The first kappa shape index (κ1) is 10.7. The quantitative estimate of drug-likeness (QED) is 0.749. The van der Waals surface area contributed by atoms with E-state index in [1.807, 2.05) is 12.1 Å². The first-order valence-electron chi connectivity index (χ1n) is 5.73. The van der Waals surface area contributed by atoms with E-state index >= 15 is 0 Å². The molecule has 17 heavy (non-hydrogen) atoms. The molecule has 2 aliphatic rings. The molecule has 0 fully saturated rings. The maximum atomic E-state index is 7.55. The van der Waals surface area contributed by atoms with E-state index in [4.69, 9.17) is 17.0 Å². The lowest BCUT2D eigenvalue weighted by atomic mass is 9.87. The predicted octanol–water partition coefficient (Wildman–Crippen LogP) is 2.81. The van der Waals surface area contributed by atoms with Crippen LogP contribution < -0.4 is 10.2 Å². The molecule has 0 bridgehead atoms. The van der Waals surface area contributed by atoms with Crippen molar-refractivity contribution in [3.8, 4) is 0 Å². The Bertz CT molecular complexity index is 510. The van der Waals surface area contributed by atoms with Gasteiger partial charge in [-0.2, -0.15) is 0 Å². The zero-order valence-corrected chi connectivity index (χ0v) is 10.2. The van der Waals surface area contributed by atoms with Crippen LogP contribution in [0.2, 0.25) is 5.02 Å². The second-order valence-corrected chi connectivity index (χ2v) is 4.90. The van der Waals surface area contributed by atoms with E-state index in [-0.39, 0.29) is 5.92 Å². The standard InChI is InChI=1S/C13H14ClN3/c1-8-10-2-3-11(14)12-9(6-15)4-5-17(7-16-8)13(10)12/h2-3,6,9,15-16H,1,4-5,7H2/t9-/m1/s1. The minimum Gasteiger partial charge on any atom is -0.368 e. The minimum absolute atomic E-state index is 0.139. The molecule has 1 aromatic rings. The summed E-state index contributed by atoms with van der Waals surface area (Å²) >= 11 is 6.30. The second kappa shape index (κ2) is 3.77. The summed E-state index contributed by atoms with van der Waals surface area (Å²) in [6.45, 7) is 5.77. The number of hydrogen-bond donors (Lipinski definition) is 2. The maximum absolute atomic E-state index is 7.55. The lowest BCUT2D eigenvalue weighted by Gasteiger charge is -2.40. The zero-order chi connectivity index (χ0) is 12.0. The maximum Gasteiger partial charge on any atom is 0.0876 e. The third-order valence-corrected chi connectivity index (χ3v) is 3.90. The highest BCUT2D eigenvalue weighted by atomic mass is 35.5. The van der Waals surface area contributed by atoms with E-state index in [9.17, 15) is 0 Å². The average Bonchev–Trinajstić information content (AvgIpc) is 2.35. The van der Waals surface area contributed by atoms with Gasteiger partial charge >= 0.3 is 0 Å². The number of nitrogens with one attached hydrogen (secondary N) is 2. The molecule has 88 valence electrons. The minimum atomic E-state index is 0.139. The van der Waals surface area contributed by atoms with Gasteiger partial charge in [-0.3, -0.25) is 0 Å². The van der Waals surface area contributed by atoms with Crippen LogP contribution in [0.5, 0.6) is 0 Å². The van der Waals surface area contributed by atoms with Crippen molar-refractivity contribution in [2.45, 2.75) is 12.3 Å². The van der Waals surface area contributed by atoms with Gasteiger partial charge in [0, 0.05) is 40.5 Å². The molecule has 0 aliphatic carbocycles. The molecular formula is C13H14ClN3. The van der Waals surface area contributed by atoms with Crippen LogP contribution in [0.4, 0.5) is 5.69 Å². The summed E-state index contributed by atoms with van der Waals surface area (Å²) in [5.74, 6) is 0.139. The third kappa shape index (κ3) is 1.46. The number of rotatable bonds is 1. The number of benzene rings is 1. The summed E-state index contributed by atoms with van der Waals surface area (Å²) in [5, 5.41) is 11.6. The van der Waals surface area contributed by atoms with Crippen molar-refractivity contribution in [3.63, 3.8) is 0 Å². The molecule has 2 N–H and O–H groups in total. The van der Waals surface area contributed by atoms with Crippen molar-refractivity contribution in [1.82, 2.24) is 5.32 Å². The van der Waals surface area contributed by atoms with Crippen LogP contribution in [0.3, 0.4) is 0 Å². The first-order valence-corrected chi connectivity index (χ1v) is 6.11. The summed E-state index contributed by atoms with van der Waals surface area (Å²) < 4.78 is 0. The normalized spacial score (nSPS) is 21.8. The largest absolute Gasteiger partial charge is 0.368 e. The molecule has 2 heterocycles. The Labute approximate surface area is 106 Å². The Morgan fingerprint density at radius 2 is 2.35 bits per heavy atom. The second-order valence-electron chi connectivity index (χ2n) is 4.50. The summed E-state index contributed by atoms with van der Waals surface area (Å²) in [6.07, 6.45) is 2.46. The van der Waals surface area contributed by atoms with E-state index in [1.54, 1.807) is 0 Å². The van der Waals surface area contributed by atoms with Crippen LogP contribution >= 0.6 is 11.6 Å². The van der Waals surface area contributed by atoms with Crippen molar-refractivity contribution in [2.24, 2.45) is 0 Å². The van der Waals surface area contributed by atoms with Crippen LogP contribution in [-0.2, 0) is 0 Å². The molecule has 0 saturated heterocycles. The summed E-state index contributed by atoms with van der Waals surface area (Å²) in [6, 6.07) is 3.92. The number of halogens is 1. The van der Waals surface area contributed by atoms with Gasteiger partial charge in [0.1, 0.15) is 0 Å². The molecule has 1 atom stereocenters. The fraction of sp³-hybridized carbons (Fsp3) is 0.308. The van der Waals surface area contributed by atoms with Crippen LogP contribution in [-0.4, -0.2) is 19.4 Å². The Balaban J connectivity index is 2.28. The number of anilines is 1. The Hall–Kier alpha value is -1.48. The fourth-order valence-corrected chi connectivity index (χ4v) is 2.97. The molecule has 0 spiro atoms. The lowest BCUT2D eigenvalue weighted by molar-refractivity contribution is 0.638. The van der Waals surface area contributed by atoms with Crippen molar-refractivity contribution in [2.75, 3.05) is 18.1 Å². The predicted molar refractivity (Wildman–Crippen MR) is 72.0 cm³/mol. The molecule has 0 saturated carbocycles. The van der Waals surface area contributed by atoms with Gasteiger partial charge in [-0.15, -0.1) is 0 Å². The Kier molecular flexibility index (Phi) is 2.37. The molecule has 3 rings (SSSR count). The molecule has 4 heteroatoms. The highest BCUT2D eigenvalue weighted by molar-refractivity contribution is 6.32. The number of nitrogens with zero attached hydrogens (tertiary/aromatic N) is 1. The summed E-state index contributed by atoms with van der Waals surface area (Å²) in [4.78, 5) is 2.28. The Morgan fingerprint density at radius 3 is 3.12 bits per heavy atom. The van der Waals surface area contributed by atoms with Crippen LogP contribution in [0.1, 0.15) is 23.5 Å². The van der Waals surface area contributed by atoms with Crippen LogP contribution in [0, 0.1) is 5.41 Å². The van der Waals surface area contributed by atoms with Gasteiger partial charge in [0.25, 0.3) is 0 Å². The van der Waals surface area contributed by atoms with E-state index in [0.29, 0.717) is 0 Å². The number of hydrogen-bond acceptors (Lipinski definition) is 3. The topological polar surface area (TPSA) is 39.1 Å². The molecule has 0 amide bonds. The van der Waals surface area contributed by atoms with E-state index in [1.165, 1.54) is 11.9 Å². The van der Waals surface area contributed by atoms with Gasteiger partial charge in [-0.1, -0.05) is 18.2 Å². The van der Waals surface area contributed by atoms with E-state index in [0.717, 1.165) is 41.5 Å². The Morgan fingerprint density at radius 1 is 1.53 bits per heavy atom. The fourth-order valence-electron chi connectivity index (χ4n) is 2.68. The van der Waals surface area contributed by atoms with Gasteiger partial charge in [-0.05, 0) is 18.6 Å². The van der Waals surface area contributed by atoms with Gasteiger partial charge in [-0.25, -0.2) is 0 Å². The molecule has 2 aliphatic heterocycles. The molecule has 0 unspecified atom stereocenters. The van der Waals surface area contributed by atoms with Crippen molar-refractivity contribution >= 4 is 29.2 Å². The average molecular weight is 248 g/mol. The van der Waals surface area contributed by atoms with Crippen molar-refractivity contribution in [1.29, 1.82) is 5.41 Å². The highest BCUT2D eigenvalue weighted by Crippen LogP contribution is 2.44. The summed E-state index contributed by atoms with van der Waals surface area (Å²) in [7, 11) is 0. The molecule has 0 aromatic heterocycles. The third-order valence-electron chi connectivity index (χ3n) is 3.57. The van der Waals surface area contributed by atoms with Gasteiger partial charge in [0.05, 0.1) is 12.4 Å². The van der Waals surface area contributed by atoms with Gasteiger partial charge in [0.2, 0.25) is 0 Å². The highest BCUT2D eigenvalue weighted by Gasteiger charge is 2.31. The van der Waals surface area contributed by atoms with Gasteiger partial charge < -0.3 is 15.6 Å². The first-order chi connectivity index (χ1) is 8.22. The monoisotopic (exact) mass is 247 g/mol. The lowest BCUT2D eigenvalue weighted by Crippen LogP contribution is -2.42.